The molecule has 23 heavy (non-hydrogen) atoms. The minimum atomic E-state index is -0.0904. The zero-order valence-electron chi connectivity index (χ0n) is 13.7. The van der Waals surface area contributed by atoms with Gasteiger partial charge in [-0.1, -0.05) is 0 Å². The number of nitrogens with zero attached hydrogens (tertiary/aromatic N) is 4. The van der Waals surface area contributed by atoms with E-state index in [0.29, 0.717) is 5.82 Å². The molecule has 3 rings (SSSR count). The van der Waals surface area contributed by atoms with Crippen LogP contribution in [-0.4, -0.2) is 51.0 Å². The average Bonchev–Trinajstić information content (AvgIpc) is 3.15. The summed E-state index contributed by atoms with van der Waals surface area (Å²) >= 11 is 0. The number of aromatic amines is 1. The molecule has 0 bridgehead atoms. The Kier molecular flexibility index (Phi) is 4.38. The summed E-state index contributed by atoms with van der Waals surface area (Å²) in [7, 11) is 1.53. The minimum absolute atomic E-state index is 0.0181. The lowest BCUT2D eigenvalue weighted by molar-refractivity contribution is -0.136. The molecule has 1 fully saturated rings. The van der Waals surface area contributed by atoms with Gasteiger partial charge in [-0.05, 0) is 32.8 Å². The van der Waals surface area contributed by atoms with Gasteiger partial charge in [-0.15, -0.1) is 0 Å². The molecule has 1 saturated heterocycles. The second-order valence-corrected chi connectivity index (χ2v) is 5.85. The lowest BCUT2D eigenvalue weighted by Gasteiger charge is -2.23. The third-order valence-corrected chi connectivity index (χ3v) is 3.96. The third-order valence-electron chi connectivity index (χ3n) is 3.96. The molecule has 0 spiro atoms. The number of hydrogen-bond acceptors (Lipinski definition) is 5. The fourth-order valence-electron chi connectivity index (χ4n) is 2.94. The number of likely N-dealkylation sites (tertiary alicyclic amines) is 1. The maximum absolute atomic E-state index is 12.2. The van der Waals surface area contributed by atoms with Crippen LogP contribution < -0.4 is 0 Å². The van der Waals surface area contributed by atoms with Crippen LogP contribution in [0.25, 0.3) is 11.5 Å². The summed E-state index contributed by atoms with van der Waals surface area (Å²) in [5.41, 5.74) is 2.60. The van der Waals surface area contributed by atoms with Crippen molar-refractivity contribution in [2.75, 3.05) is 20.3 Å². The Morgan fingerprint density at radius 3 is 2.96 bits per heavy atom. The van der Waals surface area contributed by atoms with E-state index in [1.807, 2.05) is 24.8 Å². The highest BCUT2D eigenvalue weighted by Gasteiger charge is 2.32. The molecular formula is C16H21N5O2. The lowest BCUT2D eigenvalue weighted by Crippen LogP contribution is -2.34. The van der Waals surface area contributed by atoms with E-state index in [1.54, 1.807) is 6.20 Å². The van der Waals surface area contributed by atoms with Crippen LogP contribution in [0.3, 0.4) is 0 Å². The number of ether oxygens (including phenoxy) is 1. The Morgan fingerprint density at radius 2 is 2.26 bits per heavy atom. The van der Waals surface area contributed by atoms with Crippen LogP contribution in [0.4, 0.5) is 0 Å². The number of nitrogens with one attached hydrogen (secondary N) is 1. The average molecular weight is 315 g/mol. The van der Waals surface area contributed by atoms with Crippen LogP contribution in [0.2, 0.25) is 0 Å². The van der Waals surface area contributed by atoms with Gasteiger partial charge in [-0.2, -0.15) is 0 Å². The first-order chi connectivity index (χ1) is 11.1. The van der Waals surface area contributed by atoms with Crippen molar-refractivity contribution in [3.05, 3.63) is 29.5 Å². The molecule has 0 aliphatic carbocycles. The molecule has 0 radical (unpaired) electrons. The van der Waals surface area contributed by atoms with Crippen LogP contribution in [0.15, 0.2) is 12.3 Å². The number of rotatable bonds is 4. The van der Waals surface area contributed by atoms with Gasteiger partial charge in [0.15, 0.2) is 11.6 Å². The van der Waals surface area contributed by atoms with Crippen molar-refractivity contribution in [1.29, 1.82) is 0 Å². The number of hydrogen-bond donors (Lipinski definition) is 1. The van der Waals surface area contributed by atoms with Crippen LogP contribution in [0, 0.1) is 13.8 Å². The highest BCUT2D eigenvalue weighted by molar-refractivity contribution is 5.78. The van der Waals surface area contributed by atoms with Crippen LogP contribution >= 0.6 is 0 Å². The number of H-pyrrole nitrogens is 1. The number of carbonyl (C=O) groups excluding carboxylic acids is 1. The molecule has 122 valence electrons. The smallest absolute Gasteiger partial charge is 0.249 e. The first-order valence-electron chi connectivity index (χ1n) is 7.74. The van der Waals surface area contributed by atoms with E-state index in [4.69, 9.17) is 4.74 Å². The van der Waals surface area contributed by atoms with Gasteiger partial charge in [0.25, 0.3) is 0 Å². The topological polar surface area (TPSA) is 84.0 Å². The van der Waals surface area contributed by atoms with Gasteiger partial charge in [0.05, 0.1) is 6.04 Å². The summed E-state index contributed by atoms with van der Waals surface area (Å²) in [4.78, 5) is 30.7. The number of carbonyl (C=O) groups is 1. The molecule has 2 aromatic heterocycles. The summed E-state index contributed by atoms with van der Waals surface area (Å²) in [6.07, 6.45) is 3.60. The monoisotopic (exact) mass is 315 g/mol. The summed E-state index contributed by atoms with van der Waals surface area (Å²) < 4.78 is 4.97. The molecule has 1 aliphatic heterocycles. The highest BCUT2D eigenvalue weighted by Crippen LogP contribution is 2.31. The van der Waals surface area contributed by atoms with Gasteiger partial charge in [-0.25, -0.2) is 15.0 Å². The SMILES string of the molecule is COCC(=O)N1CCCC1c1nc(C)cc(-c2ncc(C)[nH]2)n1. The van der Waals surface area contributed by atoms with Crippen molar-refractivity contribution in [2.24, 2.45) is 0 Å². The fourth-order valence-corrected chi connectivity index (χ4v) is 2.94. The van der Waals surface area contributed by atoms with Crippen LogP contribution in [0.1, 0.15) is 36.1 Å². The van der Waals surface area contributed by atoms with Gasteiger partial charge >= 0.3 is 0 Å². The van der Waals surface area contributed by atoms with Gasteiger partial charge in [0.1, 0.15) is 12.3 Å². The molecule has 0 saturated carbocycles. The van der Waals surface area contributed by atoms with E-state index in [0.717, 1.165) is 42.3 Å². The van der Waals surface area contributed by atoms with Crippen molar-refractivity contribution in [3.63, 3.8) is 0 Å². The maximum Gasteiger partial charge on any atom is 0.249 e. The van der Waals surface area contributed by atoms with E-state index in [9.17, 15) is 4.79 Å². The number of imidazole rings is 1. The minimum Gasteiger partial charge on any atom is -0.375 e. The van der Waals surface area contributed by atoms with Gasteiger partial charge in [-0.3, -0.25) is 4.79 Å². The molecule has 7 heteroatoms. The molecule has 1 atom stereocenters. The van der Waals surface area contributed by atoms with Gasteiger partial charge < -0.3 is 14.6 Å². The van der Waals surface area contributed by atoms with Crippen molar-refractivity contribution in [1.82, 2.24) is 24.8 Å². The molecule has 1 aliphatic rings. The molecule has 1 N–H and O–H groups in total. The molecular weight excluding hydrogens is 294 g/mol. The Labute approximate surface area is 135 Å². The zero-order valence-corrected chi connectivity index (χ0v) is 13.7. The van der Waals surface area contributed by atoms with E-state index in [-0.39, 0.29) is 18.6 Å². The number of aryl methyl sites for hydroxylation is 2. The van der Waals surface area contributed by atoms with Gasteiger partial charge in [0, 0.05) is 31.2 Å². The Morgan fingerprint density at radius 1 is 1.43 bits per heavy atom. The molecule has 3 heterocycles. The summed E-state index contributed by atoms with van der Waals surface area (Å²) in [6, 6.07) is 1.81. The van der Waals surface area contributed by atoms with Crippen LogP contribution in [0.5, 0.6) is 0 Å². The molecule has 2 aromatic rings. The first-order valence-corrected chi connectivity index (χ1v) is 7.74. The fraction of sp³-hybridized carbons (Fsp3) is 0.500. The lowest BCUT2D eigenvalue weighted by atomic mass is 10.2. The molecule has 7 nitrogen and oxygen atoms in total. The van der Waals surface area contributed by atoms with E-state index in [1.165, 1.54) is 7.11 Å². The predicted molar refractivity (Wildman–Crippen MR) is 84.7 cm³/mol. The van der Waals surface area contributed by atoms with Crippen molar-refractivity contribution in [3.8, 4) is 11.5 Å². The Balaban J connectivity index is 1.93. The summed E-state index contributed by atoms with van der Waals surface area (Å²) in [5, 5.41) is 0. The van der Waals surface area contributed by atoms with Crippen molar-refractivity contribution < 1.29 is 9.53 Å². The largest absolute Gasteiger partial charge is 0.375 e. The van der Waals surface area contributed by atoms with Crippen LogP contribution in [-0.2, 0) is 9.53 Å². The third kappa shape index (κ3) is 3.24. The second-order valence-electron chi connectivity index (χ2n) is 5.85. The van der Waals surface area contributed by atoms with Crippen molar-refractivity contribution in [2.45, 2.75) is 32.7 Å². The Bertz CT molecular complexity index is 712. The zero-order chi connectivity index (χ0) is 16.4. The number of amides is 1. The predicted octanol–water partition coefficient (Wildman–Crippen LogP) is 1.79. The molecule has 1 amide bonds. The summed E-state index contributed by atoms with van der Waals surface area (Å²) in [5.74, 6) is 1.38. The van der Waals surface area contributed by atoms with E-state index in [2.05, 4.69) is 19.9 Å². The standard InChI is InChI=1S/C16H21N5O2/c1-10-7-12(15-17-8-11(2)19-15)20-16(18-10)13-5-4-6-21(13)14(22)9-23-3/h7-8,13H,4-6,9H2,1-3H3,(H,17,19). The van der Waals surface area contributed by atoms with Gasteiger partial charge in [0.2, 0.25) is 5.91 Å². The normalized spacial score (nSPS) is 17.7. The number of aromatic nitrogens is 4. The quantitative estimate of drug-likeness (QED) is 0.930. The Hall–Kier alpha value is -2.28. The van der Waals surface area contributed by atoms with E-state index >= 15 is 0 Å². The maximum atomic E-state index is 12.2. The summed E-state index contributed by atoms with van der Waals surface area (Å²) in [6.45, 7) is 4.69. The number of methoxy groups -OCH3 is 1. The first kappa shape index (κ1) is 15.6. The van der Waals surface area contributed by atoms with E-state index < -0.39 is 0 Å². The highest BCUT2D eigenvalue weighted by atomic mass is 16.5. The second kappa shape index (κ2) is 6.45. The molecule has 0 aromatic carbocycles. The molecule has 1 unspecified atom stereocenters. The van der Waals surface area contributed by atoms with Crippen molar-refractivity contribution >= 4 is 5.91 Å².